The molecular weight excluding hydrogens is 531 g/mol. The number of ether oxygens (including phenoxy) is 3. The molecule has 1 aromatic carbocycles. The third kappa shape index (κ3) is 8.10. The summed E-state index contributed by atoms with van der Waals surface area (Å²) in [5.74, 6) is -23.5. The van der Waals surface area contributed by atoms with Crippen molar-refractivity contribution in [2.24, 2.45) is 35.5 Å². The van der Waals surface area contributed by atoms with E-state index in [1.165, 1.54) is 6.92 Å². The summed E-state index contributed by atoms with van der Waals surface area (Å²) in [6.07, 6.45) is -1.73. The van der Waals surface area contributed by atoms with Crippen LogP contribution in [0.3, 0.4) is 0 Å². The fourth-order valence-corrected chi connectivity index (χ4v) is 4.62. The van der Waals surface area contributed by atoms with Crippen LogP contribution in [0.5, 0.6) is 0 Å². The molecule has 0 aliphatic carbocycles. The summed E-state index contributed by atoms with van der Waals surface area (Å²) in [7, 11) is 0. The zero-order valence-corrected chi connectivity index (χ0v) is 23.7. The molecule has 0 aromatic heterocycles. The van der Waals surface area contributed by atoms with E-state index in [4.69, 9.17) is 9.47 Å². The first-order valence-corrected chi connectivity index (χ1v) is 11.6. The normalized spacial score (nSPS) is 20.3. The second-order valence-corrected chi connectivity index (χ2v) is 8.80. The summed E-state index contributed by atoms with van der Waals surface area (Å²) in [6.45, 7) is 3.15. The van der Waals surface area contributed by atoms with Gasteiger partial charge in [0.15, 0.2) is 0 Å². The van der Waals surface area contributed by atoms with E-state index in [0.717, 1.165) is 13.8 Å². The Bertz CT molecular complexity index is 1100. The monoisotopic (exact) mass is 558 g/mol. The molecule has 13 nitrogen and oxygen atoms in total. The number of aliphatic carboxylic acids is 3. The Morgan fingerprint density at radius 2 is 1.54 bits per heavy atom. The summed E-state index contributed by atoms with van der Waals surface area (Å²) in [5.41, 5.74) is 0.496. The molecule has 1 saturated heterocycles. The van der Waals surface area contributed by atoms with E-state index in [0.29, 0.717) is 5.56 Å². The van der Waals surface area contributed by atoms with Gasteiger partial charge in [0.2, 0.25) is 0 Å². The molecule has 7 unspecified atom stereocenters. The average Bonchev–Trinajstić information content (AvgIpc) is 3.09. The maximum atomic E-state index is 13.3. The molecule has 0 radical (unpaired) electrons. The van der Waals surface area contributed by atoms with Gasteiger partial charge >= 0.3 is 65.4 Å². The number of benzene rings is 1. The maximum Gasteiger partial charge on any atom is 1.00 e. The molecule has 2 rings (SSSR count). The molecule has 1 aromatic rings. The van der Waals surface area contributed by atoms with Crippen LogP contribution >= 0.6 is 0 Å². The number of cyclic esters (lactones) is 2. The van der Waals surface area contributed by atoms with Gasteiger partial charge in [0.25, 0.3) is 0 Å². The van der Waals surface area contributed by atoms with Crippen LogP contribution in [0, 0.1) is 35.5 Å². The molecular formula is C25H27NaO13. The van der Waals surface area contributed by atoms with Crippen LogP contribution in [0.25, 0.3) is 0 Å². The zero-order valence-electron chi connectivity index (χ0n) is 21.7. The first-order valence-electron chi connectivity index (χ1n) is 11.6. The van der Waals surface area contributed by atoms with Gasteiger partial charge in [-0.3, -0.25) is 28.8 Å². The Kier molecular flexibility index (Phi) is 12.8. The minimum atomic E-state index is -2.50. The molecule has 1 aliphatic heterocycles. The van der Waals surface area contributed by atoms with Gasteiger partial charge in [-0.15, -0.1) is 0 Å². The van der Waals surface area contributed by atoms with Crippen LogP contribution in [-0.2, 0) is 54.4 Å². The molecule has 7 atom stereocenters. The van der Waals surface area contributed by atoms with E-state index >= 15 is 0 Å². The van der Waals surface area contributed by atoms with Crippen LogP contribution < -0.4 is 34.7 Å². The summed E-state index contributed by atoms with van der Waals surface area (Å²) < 4.78 is 14.8. The standard InChI is InChI=1S/C25H28O13.Na/c1-4-14(37-12(3)26)16(24(34)36-10-13-8-6-5-7-9-13)18(21(29)30)19(22(31)32)17(20(27)28)15-11(2)23(33)38-25(15)35;/h5-9,11,14-19H,4,10H2,1-3H3,(H,27,28)(H,29,30)(H,31,32);/q;+1/p-1. The summed E-state index contributed by atoms with van der Waals surface area (Å²) in [4.78, 5) is 86.4. The van der Waals surface area contributed by atoms with Crippen LogP contribution in [0.2, 0.25) is 0 Å². The number of rotatable bonds is 13. The molecule has 1 fully saturated rings. The summed E-state index contributed by atoms with van der Waals surface area (Å²) in [6, 6.07) is 8.16. The van der Waals surface area contributed by atoms with Crippen LogP contribution in [-0.4, -0.2) is 58.1 Å². The smallest absolute Gasteiger partial charge is 0.550 e. The van der Waals surface area contributed by atoms with Crippen molar-refractivity contribution in [1.82, 2.24) is 0 Å². The molecule has 39 heavy (non-hydrogen) atoms. The first kappa shape index (κ1) is 33.7. The van der Waals surface area contributed by atoms with E-state index < -0.39 is 83.4 Å². The van der Waals surface area contributed by atoms with Crippen molar-refractivity contribution >= 4 is 41.8 Å². The van der Waals surface area contributed by atoms with Crippen LogP contribution in [0.1, 0.15) is 32.8 Å². The first-order chi connectivity index (χ1) is 17.8. The van der Waals surface area contributed by atoms with Gasteiger partial charge in [-0.25, -0.2) is 0 Å². The molecule has 1 heterocycles. The molecule has 0 saturated carbocycles. The van der Waals surface area contributed by atoms with Gasteiger partial charge in [-0.05, 0) is 12.0 Å². The molecule has 0 spiro atoms. The predicted molar refractivity (Wildman–Crippen MR) is 120 cm³/mol. The van der Waals surface area contributed by atoms with Crippen molar-refractivity contribution in [3.63, 3.8) is 0 Å². The Morgan fingerprint density at radius 1 is 0.974 bits per heavy atom. The van der Waals surface area contributed by atoms with E-state index in [-0.39, 0.29) is 42.6 Å². The third-order valence-corrected chi connectivity index (χ3v) is 6.39. The largest absolute Gasteiger partial charge is 1.00 e. The Morgan fingerprint density at radius 3 is 1.95 bits per heavy atom. The maximum absolute atomic E-state index is 13.3. The van der Waals surface area contributed by atoms with Crippen molar-refractivity contribution < 1.29 is 92.6 Å². The molecule has 0 bridgehead atoms. The number of carbonyl (C=O) groups is 7. The molecule has 2 N–H and O–H groups in total. The quantitative estimate of drug-likeness (QED) is 0.106. The Labute approximate surface area is 245 Å². The van der Waals surface area contributed by atoms with Crippen LogP contribution in [0.15, 0.2) is 30.3 Å². The van der Waals surface area contributed by atoms with Gasteiger partial charge < -0.3 is 34.3 Å². The Hall–Kier alpha value is -3.29. The third-order valence-electron chi connectivity index (χ3n) is 6.39. The fraction of sp³-hybridized carbons (Fsp3) is 0.480. The zero-order chi connectivity index (χ0) is 28.7. The van der Waals surface area contributed by atoms with Gasteiger partial charge in [-0.1, -0.05) is 44.2 Å². The van der Waals surface area contributed by atoms with Crippen molar-refractivity contribution in [3.8, 4) is 0 Å². The number of esters is 4. The van der Waals surface area contributed by atoms with Crippen LogP contribution in [0.4, 0.5) is 0 Å². The van der Waals surface area contributed by atoms with Gasteiger partial charge in [-0.2, -0.15) is 0 Å². The van der Waals surface area contributed by atoms with E-state index in [9.17, 15) is 48.9 Å². The summed E-state index contributed by atoms with van der Waals surface area (Å²) >= 11 is 0. The van der Waals surface area contributed by atoms with E-state index in [2.05, 4.69) is 4.74 Å². The van der Waals surface area contributed by atoms with Gasteiger partial charge in [0.05, 0.1) is 23.7 Å². The molecule has 1 aliphatic rings. The van der Waals surface area contributed by atoms with Crippen molar-refractivity contribution in [2.45, 2.75) is 39.9 Å². The molecule has 206 valence electrons. The topological polar surface area (TPSA) is 211 Å². The number of hydrogen-bond acceptors (Lipinski definition) is 11. The fourth-order valence-electron chi connectivity index (χ4n) is 4.62. The average molecular weight is 558 g/mol. The second kappa shape index (κ2) is 14.8. The predicted octanol–water partition coefficient (Wildman–Crippen LogP) is -3.20. The van der Waals surface area contributed by atoms with Gasteiger partial charge in [0.1, 0.15) is 18.6 Å². The summed E-state index contributed by atoms with van der Waals surface area (Å²) in [5, 5.41) is 32.3. The van der Waals surface area contributed by atoms with Crippen molar-refractivity contribution in [2.75, 3.05) is 0 Å². The molecule has 14 heteroatoms. The number of carboxylic acids is 3. The SMILES string of the molecule is CCC(OC(C)=O)C(C(=O)OCc1ccccc1)C(C(=O)O)C(C(=O)O)C(C(=O)[O-])C1C(=O)OC(=O)C1C.[Na+]. The van der Waals surface area contributed by atoms with Crippen molar-refractivity contribution in [3.05, 3.63) is 35.9 Å². The minimum absolute atomic E-state index is 0. The molecule has 0 amide bonds. The van der Waals surface area contributed by atoms with Crippen molar-refractivity contribution in [1.29, 1.82) is 0 Å². The number of carbonyl (C=O) groups excluding carboxylic acids is 5. The number of carboxylic acid groups (broad SMARTS) is 3. The van der Waals surface area contributed by atoms with E-state index in [1.54, 1.807) is 30.3 Å². The second-order valence-electron chi connectivity index (χ2n) is 8.80. The number of hydrogen-bond donors (Lipinski definition) is 2. The van der Waals surface area contributed by atoms with Gasteiger partial charge in [0, 0.05) is 18.8 Å². The van der Waals surface area contributed by atoms with E-state index in [1.807, 2.05) is 0 Å². The minimum Gasteiger partial charge on any atom is -0.550 e. The Balaban J connectivity index is 0.00000760.